The van der Waals surface area contributed by atoms with Crippen molar-refractivity contribution in [1.82, 2.24) is 9.97 Å². The number of rotatable bonds is 3. The van der Waals surface area contributed by atoms with Crippen LogP contribution < -0.4 is 11.1 Å². The van der Waals surface area contributed by atoms with Gasteiger partial charge in [-0.15, -0.1) is 11.3 Å². The normalized spacial score (nSPS) is 11.3. The molecule has 0 aliphatic heterocycles. The number of benzene rings is 1. The summed E-state index contributed by atoms with van der Waals surface area (Å²) in [5.74, 6) is 0.307. The molecule has 27 heavy (non-hydrogen) atoms. The van der Waals surface area contributed by atoms with Gasteiger partial charge in [0.1, 0.15) is 22.2 Å². The first kappa shape index (κ1) is 18.8. The molecular weight excluding hydrogens is 367 g/mol. The van der Waals surface area contributed by atoms with Gasteiger partial charge >= 0.3 is 6.09 Å². The molecule has 0 unspecified atom stereocenters. The van der Waals surface area contributed by atoms with E-state index in [-0.39, 0.29) is 5.82 Å². The minimum Gasteiger partial charge on any atom is -0.444 e. The predicted octanol–water partition coefficient (Wildman–Crippen LogP) is 4.94. The smallest absolute Gasteiger partial charge is 0.413 e. The number of carbonyl (C=O) groups is 1. The first-order chi connectivity index (χ1) is 12.7. The summed E-state index contributed by atoms with van der Waals surface area (Å²) >= 11 is 1.32. The molecule has 6 nitrogen and oxygen atoms in total. The maximum absolute atomic E-state index is 13.3. The van der Waals surface area contributed by atoms with E-state index in [2.05, 4.69) is 15.3 Å². The lowest BCUT2D eigenvalue weighted by molar-refractivity contribution is 0.0635. The molecule has 140 valence electrons. The van der Waals surface area contributed by atoms with Crippen molar-refractivity contribution >= 4 is 29.1 Å². The number of nitrogens with zero attached hydrogens (tertiary/aromatic N) is 2. The first-order valence-electron chi connectivity index (χ1n) is 8.20. The zero-order chi connectivity index (χ0) is 19.6. The molecule has 0 atom stereocenters. The average Bonchev–Trinajstić information content (AvgIpc) is 2.97. The van der Waals surface area contributed by atoms with Crippen molar-refractivity contribution in [3.8, 4) is 21.0 Å². The van der Waals surface area contributed by atoms with Gasteiger partial charge in [0.05, 0.1) is 10.4 Å². The van der Waals surface area contributed by atoms with Crippen molar-refractivity contribution in [3.63, 3.8) is 0 Å². The number of hydrogen-bond acceptors (Lipinski definition) is 6. The number of aromatic nitrogens is 2. The third-order valence-electron chi connectivity index (χ3n) is 3.42. The Labute approximate surface area is 160 Å². The molecule has 3 rings (SSSR count). The van der Waals surface area contributed by atoms with Crippen molar-refractivity contribution in [2.75, 3.05) is 11.1 Å². The van der Waals surface area contributed by atoms with Crippen molar-refractivity contribution < 1.29 is 13.9 Å². The number of amides is 1. The van der Waals surface area contributed by atoms with E-state index in [1.54, 1.807) is 51.2 Å². The molecular formula is C19H19FN4O2S. The highest BCUT2D eigenvalue weighted by molar-refractivity contribution is 7.19. The Morgan fingerprint density at radius 2 is 1.93 bits per heavy atom. The Morgan fingerprint density at radius 3 is 2.56 bits per heavy atom. The predicted molar refractivity (Wildman–Crippen MR) is 105 cm³/mol. The van der Waals surface area contributed by atoms with Crippen LogP contribution in [0.15, 0.2) is 42.6 Å². The van der Waals surface area contributed by atoms with Crippen molar-refractivity contribution in [2.45, 2.75) is 26.4 Å². The largest absolute Gasteiger partial charge is 0.444 e. The van der Waals surface area contributed by atoms with Gasteiger partial charge in [-0.1, -0.05) is 12.1 Å². The Kier molecular flexibility index (Phi) is 5.09. The van der Waals surface area contributed by atoms with Gasteiger partial charge in [-0.05, 0) is 50.6 Å². The minimum atomic E-state index is -0.646. The quantitative estimate of drug-likeness (QED) is 0.665. The van der Waals surface area contributed by atoms with Crippen molar-refractivity contribution in [1.29, 1.82) is 0 Å². The standard InChI is InChI=1S/C19H19FN4O2S/c1-19(2,3)26-18(25)24-16-14(11-6-8-12(20)9-7-11)27-17(23-16)13-5-4-10-22-15(13)21/h4-10H,1-3H3,(H2,21,22)(H,24,25). The SMILES string of the molecule is CC(C)(C)OC(=O)Nc1nc(-c2cccnc2N)sc1-c1ccc(F)cc1. The molecule has 2 heterocycles. The Morgan fingerprint density at radius 1 is 1.22 bits per heavy atom. The first-order valence-corrected chi connectivity index (χ1v) is 9.02. The summed E-state index contributed by atoms with van der Waals surface area (Å²) in [5.41, 5.74) is 6.67. The molecule has 0 saturated carbocycles. The van der Waals surface area contributed by atoms with Crippen LogP contribution in [-0.2, 0) is 4.74 Å². The van der Waals surface area contributed by atoms with Gasteiger partial charge in [-0.25, -0.2) is 19.2 Å². The third kappa shape index (κ3) is 4.59. The van der Waals surface area contributed by atoms with Gasteiger partial charge in [0, 0.05) is 6.20 Å². The van der Waals surface area contributed by atoms with Crippen LogP contribution in [0.2, 0.25) is 0 Å². The highest BCUT2D eigenvalue weighted by Gasteiger charge is 2.21. The zero-order valence-corrected chi connectivity index (χ0v) is 15.9. The number of halogens is 1. The molecule has 0 bridgehead atoms. The summed E-state index contributed by atoms with van der Waals surface area (Å²) in [6, 6.07) is 9.51. The van der Waals surface area contributed by atoms with Gasteiger partial charge in [0.25, 0.3) is 0 Å². The van der Waals surface area contributed by atoms with Crippen LogP contribution in [0.5, 0.6) is 0 Å². The highest BCUT2D eigenvalue weighted by Crippen LogP contribution is 2.39. The van der Waals surface area contributed by atoms with Crippen molar-refractivity contribution in [3.05, 3.63) is 48.4 Å². The molecule has 8 heteroatoms. The van der Waals surface area contributed by atoms with Crippen molar-refractivity contribution in [2.24, 2.45) is 0 Å². The van der Waals surface area contributed by atoms with Crippen LogP contribution in [0.1, 0.15) is 20.8 Å². The van der Waals surface area contributed by atoms with Crippen LogP contribution in [0, 0.1) is 5.82 Å². The fourth-order valence-electron chi connectivity index (χ4n) is 2.32. The number of nitrogen functional groups attached to an aromatic ring is 1. The number of anilines is 2. The maximum Gasteiger partial charge on any atom is 0.413 e. The molecule has 3 N–H and O–H groups in total. The Bertz CT molecular complexity index is 965. The van der Waals surface area contributed by atoms with Gasteiger partial charge in [0.2, 0.25) is 0 Å². The van der Waals surface area contributed by atoms with Gasteiger partial charge in [0.15, 0.2) is 5.82 Å². The molecule has 0 spiro atoms. The van der Waals surface area contributed by atoms with E-state index in [1.807, 2.05) is 0 Å². The van der Waals surface area contributed by atoms with E-state index in [1.165, 1.54) is 23.5 Å². The van der Waals surface area contributed by atoms with Crippen LogP contribution in [-0.4, -0.2) is 21.7 Å². The summed E-state index contributed by atoms with van der Waals surface area (Å²) < 4.78 is 18.6. The molecule has 0 fully saturated rings. The van der Waals surface area contributed by atoms with Crippen LogP contribution in [0.25, 0.3) is 21.0 Å². The molecule has 1 aromatic carbocycles. The van der Waals surface area contributed by atoms with Crippen LogP contribution in [0.3, 0.4) is 0 Å². The highest BCUT2D eigenvalue weighted by atomic mass is 32.1. The van der Waals surface area contributed by atoms with E-state index < -0.39 is 11.7 Å². The lowest BCUT2D eigenvalue weighted by Crippen LogP contribution is -2.27. The molecule has 0 aliphatic carbocycles. The molecule has 3 aromatic rings. The fourth-order valence-corrected chi connectivity index (χ4v) is 3.38. The average molecular weight is 386 g/mol. The number of nitrogens with two attached hydrogens (primary N) is 1. The van der Waals surface area contributed by atoms with Crippen LogP contribution >= 0.6 is 11.3 Å². The van der Waals surface area contributed by atoms with E-state index in [4.69, 9.17) is 10.5 Å². The monoisotopic (exact) mass is 386 g/mol. The summed E-state index contributed by atoms with van der Waals surface area (Å²) in [4.78, 5) is 21.5. The molecule has 0 aliphatic rings. The Balaban J connectivity index is 2.03. The summed E-state index contributed by atoms with van der Waals surface area (Å²) in [7, 11) is 0. The topological polar surface area (TPSA) is 90.1 Å². The summed E-state index contributed by atoms with van der Waals surface area (Å²) in [6.07, 6.45) is 0.967. The number of ether oxygens (including phenoxy) is 1. The molecule has 1 amide bonds. The Hall–Kier alpha value is -3.00. The van der Waals surface area contributed by atoms with E-state index in [0.717, 1.165) is 0 Å². The van der Waals surface area contributed by atoms with Gasteiger partial charge in [-0.3, -0.25) is 5.32 Å². The van der Waals surface area contributed by atoms with Gasteiger partial charge < -0.3 is 10.5 Å². The molecule has 2 aromatic heterocycles. The maximum atomic E-state index is 13.3. The second kappa shape index (κ2) is 7.32. The minimum absolute atomic E-state index is 0.319. The van der Waals surface area contributed by atoms with E-state index in [9.17, 15) is 9.18 Å². The lowest BCUT2D eigenvalue weighted by Gasteiger charge is -2.19. The third-order valence-corrected chi connectivity index (χ3v) is 4.56. The van der Waals surface area contributed by atoms with E-state index >= 15 is 0 Å². The second-order valence-electron chi connectivity index (χ2n) is 6.77. The summed E-state index contributed by atoms with van der Waals surface area (Å²) in [6.45, 7) is 5.32. The second-order valence-corrected chi connectivity index (χ2v) is 7.77. The number of hydrogen-bond donors (Lipinski definition) is 2. The number of carbonyl (C=O) groups excluding carboxylic acids is 1. The number of pyridine rings is 1. The zero-order valence-electron chi connectivity index (χ0n) is 15.1. The fraction of sp³-hybridized carbons (Fsp3) is 0.211. The summed E-state index contributed by atoms with van der Waals surface area (Å²) in [5, 5.41) is 3.26. The lowest BCUT2D eigenvalue weighted by atomic mass is 10.2. The molecule has 0 radical (unpaired) electrons. The number of thiazole rings is 1. The van der Waals surface area contributed by atoms with E-state index in [0.29, 0.717) is 32.6 Å². The van der Waals surface area contributed by atoms with Crippen LogP contribution in [0.4, 0.5) is 20.8 Å². The number of nitrogens with one attached hydrogen (secondary N) is 1. The molecule has 0 saturated heterocycles. The van der Waals surface area contributed by atoms with Gasteiger partial charge in [-0.2, -0.15) is 0 Å².